The van der Waals surface area contributed by atoms with Gasteiger partial charge in [-0.2, -0.15) is 4.31 Å². The Hall–Kier alpha value is -1.45. The Morgan fingerprint density at radius 1 is 1.27 bits per heavy atom. The molecule has 124 valence electrons. The molecule has 0 spiro atoms. The molecular formula is C13H22N4O4S. The van der Waals surface area contributed by atoms with Crippen LogP contribution in [0.1, 0.15) is 11.5 Å². The lowest BCUT2D eigenvalue weighted by atomic mass is 10.3. The topological polar surface area (TPSA) is 87.0 Å². The molecule has 2 heterocycles. The minimum atomic E-state index is -3.78. The van der Waals surface area contributed by atoms with Crippen LogP contribution in [0.4, 0.5) is 0 Å². The fourth-order valence-corrected chi connectivity index (χ4v) is 3.83. The third kappa shape index (κ3) is 3.31. The SMILES string of the molecule is Cc1noc(C)c1S(=O)(=O)N(C)CC(=O)N1CCN(C)CC1. The van der Waals surface area contributed by atoms with Gasteiger partial charge >= 0.3 is 0 Å². The molecule has 8 nitrogen and oxygen atoms in total. The van der Waals surface area contributed by atoms with Gasteiger partial charge in [0.25, 0.3) is 0 Å². The van der Waals surface area contributed by atoms with Gasteiger partial charge in [0.15, 0.2) is 5.76 Å². The summed E-state index contributed by atoms with van der Waals surface area (Å²) in [4.78, 5) is 16.1. The van der Waals surface area contributed by atoms with Crippen LogP contribution in [0.3, 0.4) is 0 Å². The van der Waals surface area contributed by atoms with Gasteiger partial charge < -0.3 is 14.3 Å². The van der Waals surface area contributed by atoms with Crippen LogP contribution in [0.15, 0.2) is 9.42 Å². The summed E-state index contributed by atoms with van der Waals surface area (Å²) < 4.78 is 31.1. The van der Waals surface area contributed by atoms with E-state index in [4.69, 9.17) is 4.52 Å². The molecule has 0 atom stereocenters. The minimum absolute atomic E-state index is 0.0428. The van der Waals surface area contributed by atoms with Crippen molar-refractivity contribution in [2.45, 2.75) is 18.7 Å². The Kier molecular flexibility index (Phi) is 4.88. The normalized spacial score (nSPS) is 17.2. The third-order valence-electron chi connectivity index (χ3n) is 3.85. The molecule has 1 aliphatic rings. The number of aromatic nitrogens is 1. The first-order valence-corrected chi connectivity index (χ1v) is 8.53. The molecule has 1 saturated heterocycles. The molecule has 1 amide bonds. The standard InChI is InChI=1S/C13H22N4O4S/c1-10-13(11(2)21-14-10)22(19,20)16(4)9-12(18)17-7-5-15(3)6-8-17/h5-9H2,1-4H3. The molecule has 9 heteroatoms. The predicted molar refractivity (Wildman–Crippen MR) is 79.9 cm³/mol. The third-order valence-corrected chi connectivity index (χ3v) is 5.90. The number of hydrogen-bond donors (Lipinski definition) is 0. The van der Waals surface area contributed by atoms with Gasteiger partial charge in [-0.3, -0.25) is 4.79 Å². The number of piperazine rings is 1. The zero-order chi connectivity index (χ0) is 16.5. The number of nitrogens with zero attached hydrogens (tertiary/aromatic N) is 4. The summed E-state index contributed by atoms with van der Waals surface area (Å²) in [6.45, 7) is 5.76. The molecule has 1 aromatic rings. The maximum absolute atomic E-state index is 12.6. The Balaban J connectivity index is 2.08. The lowest BCUT2D eigenvalue weighted by Crippen LogP contribution is -2.50. The van der Waals surface area contributed by atoms with Crippen molar-refractivity contribution in [3.63, 3.8) is 0 Å². The molecule has 1 aliphatic heterocycles. The van der Waals surface area contributed by atoms with Crippen molar-refractivity contribution in [3.05, 3.63) is 11.5 Å². The van der Waals surface area contributed by atoms with Gasteiger partial charge in [0.2, 0.25) is 15.9 Å². The van der Waals surface area contributed by atoms with E-state index in [1.807, 2.05) is 7.05 Å². The van der Waals surface area contributed by atoms with Gasteiger partial charge in [-0.25, -0.2) is 8.42 Å². The molecule has 0 unspecified atom stereocenters. The van der Waals surface area contributed by atoms with Crippen molar-refractivity contribution >= 4 is 15.9 Å². The molecular weight excluding hydrogens is 308 g/mol. The van der Waals surface area contributed by atoms with E-state index < -0.39 is 10.0 Å². The molecule has 1 aromatic heterocycles. The summed E-state index contributed by atoms with van der Waals surface area (Å²) in [7, 11) is -0.388. The van der Waals surface area contributed by atoms with Gasteiger partial charge in [0, 0.05) is 33.2 Å². The number of carbonyl (C=O) groups excluding carboxylic acids is 1. The maximum Gasteiger partial charge on any atom is 0.248 e. The summed E-state index contributed by atoms with van der Waals surface area (Å²) >= 11 is 0. The van der Waals surface area contributed by atoms with Gasteiger partial charge in [0.05, 0.1) is 6.54 Å². The van der Waals surface area contributed by atoms with Crippen molar-refractivity contribution in [2.75, 3.05) is 46.8 Å². The highest BCUT2D eigenvalue weighted by Gasteiger charge is 2.31. The monoisotopic (exact) mass is 330 g/mol. The molecule has 0 aliphatic carbocycles. The van der Waals surface area contributed by atoms with Crippen LogP contribution in [-0.2, 0) is 14.8 Å². The number of hydrogen-bond acceptors (Lipinski definition) is 6. The first-order chi connectivity index (χ1) is 10.2. The molecule has 0 bridgehead atoms. The second-order valence-electron chi connectivity index (χ2n) is 5.60. The number of amides is 1. The average Bonchev–Trinajstić information content (AvgIpc) is 2.79. The van der Waals surface area contributed by atoms with Crippen molar-refractivity contribution in [1.82, 2.24) is 19.3 Å². The molecule has 0 N–H and O–H groups in total. The predicted octanol–water partition coefficient (Wildman–Crippen LogP) is -0.314. The number of carbonyl (C=O) groups is 1. The van der Waals surface area contributed by atoms with Crippen LogP contribution in [0.2, 0.25) is 0 Å². The smallest absolute Gasteiger partial charge is 0.248 e. The van der Waals surface area contributed by atoms with E-state index in [9.17, 15) is 13.2 Å². The molecule has 0 radical (unpaired) electrons. The fourth-order valence-electron chi connectivity index (χ4n) is 2.43. The van der Waals surface area contributed by atoms with Crippen molar-refractivity contribution < 1.29 is 17.7 Å². The summed E-state index contributed by atoms with van der Waals surface area (Å²) in [5.41, 5.74) is 0.302. The van der Waals surface area contributed by atoms with E-state index in [1.165, 1.54) is 7.05 Å². The summed E-state index contributed by atoms with van der Waals surface area (Å²) in [5, 5.41) is 3.66. The van der Waals surface area contributed by atoms with E-state index in [0.29, 0.717) is 18.8 Å². The Bertz CT molecular complexity index is 627. The maximum atomic E-state index is 12.6. The fraction of sp³-hybridized carbons (Fsp3) is 0.692. The largest absolute Gasteiger partial charge is 0.360 e. The number of likely N-dealkylation sites (N-methyl/N-ethyl adjacent to an activating group) is 2. The molecule has 1 fully saturated rings. The lowest BCUT2D eigenvalue weighted by Gasteiger charge is -2.33. The highest BCUT2D eigenvalue weighted by Crippen LogP contribution is 2.22. The van der Waals surface area contributed by atoms with Crippen LogP contribution in [0.5, 0.6) is 0 Å². The Morgan fingerprint density at radius 2 is 1.86 bits per heavy atom. The second-order valence-corrected chi connectivity index (χ2v) is 7.58. The summed E-state index contributed by atoms with van der Waals surface area (Å²) in [5.74, 6) is 0.0438. The lowest BCUT2D eigenvalue weighted by molar-refractivity contribution is -0.132. The van der Waals surface area contributed by atoms with Crippen LogP contribution in [0, 0.1) is 13.8 Å². The van der Waals surface area contributed by atoms with Crippen LogP contribution >= 0.6 is 0 Å². The zero-order valence-electron chi connectivity index (χ0n) is 13.4. The number of sulfonamides is 1. The van der Waals surface area contributed by atoms with Crippen LogP contribution in [-0.4, -0.2) is 80.4 Å². The van der Waals surface area contributed by atoms with E-state index >= 15 is 0 Å². The summed E-state index contributed by atoms with van der Waals surface area (Å²) in [6, 6.07) is 0. The summed E-state index contributed by atoms with van der Waals surface area (Å²) in [6.07, 6.45) is 0. The van der Waals surface area contributed by atoms with Gasteiger partial charge in [-0.15, -0.1) is 0 Å². The molecule has 0 aromatic carbocycles. The van der Waals surface area contributed by atoms with Crippen molar-refractivity contribution in [3.8, 4) is 0 Å². The van der Waals surface area contributed by atoms with E-state index in [2.05, 4.69) is 10.1 Å². The van der Waals surface area contributed by atoms with Crippen molar-refractivity contribution in [2.24, 2.45) is 0 Å². The van der Waals surface area contributed by atoms with E-state index in [1.54, 1.807) is 18.7 Å². The van der Waals surface area contributed by atoms with Crippen molar-refractivity contribution in [1.29, 1.82) is 0 Å². The van der Waals surface area contributed by atoms with Crippen LogP contribution < -0.4 is 0 Å². The Labute approximate surface area is 130 Å². The first-order valence-electron chi connectivity index (χ1n) is 7.09. The quantitative estimate of drug-likeness (QED) is 0.752. The zero-order valence-corrected chi connectivity index (χ0v) is 14.2. The van der Waals surface area contributed by atoms with Crippen LogP contribution in [0.25, 0.3) is 0 Å². The Morgan fingerprint density at radius 3 is 2.36 bits per heavy atom. The van der Waals surface area contributed by atoms with E-state index in [-0.39, 0.29) is 23.1 Å². The van der Waals surface area contributed by atoms with Gasteiger partial charge in [0.1, 0.15) is 10.6 Å². The molecule has 0 saturated carbocycles. The molecule has 2 rings (SSSR count). The van der Waals surface area contributed by atoms with Gasteiger partial charge in [-0.05, 0) is 20.9 Å². The van der Waals surface area contributed by atoms with E-state index in [0.717, 1.165) is 17.4 Å². The molecule has 22 heavy (non-hydrogen) atoms. The number of rotatable bonds is 4. The highest BCUT2D eigenvalue weighted by atomic mass is 32.2. The average molecular weight is 330 g/mol. The first kappa shape index (κ1) is 16.9. The second kappa shape index (κ2) is 6.35. The highest BCUT2D eigenvalue weighted by molar-refractivity contribution is 7.89. The number of aryl methyl sites for hydroxylation is 2. The van der Waals surface area contributed by atoms with Gasteiger partial charge in [-0.1, -0.05) is 5.16 Å². The minimum Gasteiger partial charge on any atom is -0.360 e.